The third-order valence-electron chi connectivity index (χ3n) is 4.95. The van der Waals surface area contributed by atoms with Gasteiger partial charge in [-0.2, -0.15) is 20.0 Å². The summed E-state index contributed by atoms with van der Waals surface area (Å²) in [5.74, 6) is 0.119. The van der Waals surface area contributed by atoms with Gasteiger partial charge in [0.2, 0.25) is 5.95 Å². The molecule has 1 fully saturated rings. The van der Waals surface area contributed by atoms with Gasteiger partial charge in [0.25, 0.3) is 5.91 Å². The molecule has 6 N–H and O–H groups in total. The molecule has 10 heteroatoms. The zero-order valence-electron chi connectivity index (χ0n) is 15.8. The second kappa shape index (κ2) is 8.23. The van der Waals surface area contributed by atoms with Crippen molar-refractivity contribution in [2.75, 3.05) is 10.6 Å². The van der Waals surface area contributed by atoms with Crippen molar-refractivity contribution in [3.8, 4) is 5.69 Å². The van der Waals surface area contributed by atoms with Gasteiger partial charge in [0, 0.05) is 24.0 Å². The van der Waals surface area contributed by atoms with Crippen LogP contribution in [0.5, 0.6) is 0 Å². The highest BCUT2D eigenvalue weighted by atomic mass is 16.1. The fraction of sp³-hybridized carbons (Fsp3) is 0.316. The normalized spacial score (nSPS) is 18.9. The average Bonchev–Trinajstić information content (AvgIpc) is 3.25. The molecule has 0 aliphatic heterocycles. The molecular formula is C19H23N9O. The minimum Gasteiger partial charge on any atom is -0.365 e. The number of nitrogens with zero attached hydrogens (tertiary/aromatic N) is 5. The van der Waals surface area contributed by atoms with Gasteiger partial charge < -0.3 is 22.1 Å². The number of aromatic nitrogens is 5. The van der Waals surface area contributed by atoms with Crippen LogP contribution in [0.1, 0.15) is 36.0 Å². The third kappa shape index (κ3) is 4.32. The van der Waals surface area contributed by atoms with Crippen LogP contribution < -0.4 is 22.1 Å². The molecule has 2 heterocycles. The number of carbonyl (C=O) groups is 1. The number of rotatable bonds is 6. The summed E-state index contributed by atoms with van der Waals surface area (Å²) >= 11 is 0. The van der Waals surface area contributed by atoms with Crippen LogP contribution >= 0.6 is 0 Å². The Morgan fingerprint density at radius 3 is 2.72 bits per heavy atom. The number of hydrogen-bond acceptors (Lipinski definition) is 8. The van der Waals surface area contributed by atoms with Gasteiger partial charge in [0.1, 0.15) is 11.4 Å². The Morgan fingerprint density at radius 1 is 1.17 bits per heavy atom. The zero-order valence-corrected chi connectivity index (χ0v) is 15.8. The summed E-state index contributed by atoms with van der Waals surface area (Å²) in [7, 11) is 0. The lowest BCUT2D eigenvalue weighted by atomic mass is 9.91. The van der Waals surface area contributed by atoms with E-state index in [4.69, 9.17) is 11.5 Å². The lowest BCUT2D eigenvalue weighted by Gasteiger charge is -2.29. The van der Waals surface area contributed by atoms with E-state index >= 15 is 0 Å². The Hall–Kier alpha value is -3.53. The molecule has 0 bridgehead atoms. The van der Waals surface area contributed by atoms with Gasteiger partial charge in [-0.25, -0.2) is 4.98 Å². The molecule has 29 heavy (non-hydrogen) atoms. The SMILES string of the molecule is NC(=O)c1cnc(N[C@H]2CCCC[C@H]2N)nc1Nc1cccc(-n2nccn2)c1. The van der Waals surface area contributed by atoms with Crippen LogP contribution in [-0.4, -0.2) is 43.0 Å². The van der Waals surface area contributed by atoms with E-state index in [9.17, 15) is 4.79 Å². The first kappa shape index (κ1) is 18.8. The van der Waals surface area contributed by atoms with Crippen molar-refractivity contribution in [3.05, 3.63) is 48.4 Å². The van der Waals surface area contributed by atoms with Crippen LogP contribution in [0.4, 0.5) is 17.5 Å². The van der Waals surface area contributed by atoms with Crippen molar-refractivity contribution in [2.45, 2.75) is 37.8 Å². The summed E-state index contributed by atoms with van der Waals surface area (Å²) in [5, 5.41) is 14.7. The highest BCUT2D eigenvalue weighted by Crippen LogP contribution is 2.24. The van der Waals surface area contributed by atoms with Crippen molar-refractivity contribution < 1.29 is 4.79 Å². The van der Waals surface area contributed by atoms with Crippen LogP contribution in [0.15, 0.2) is 42.9 Å². The van der Waals surface area contributed by atoms with Gasteiger partial charge in [0.05, 0.1) is 18.1 Å². The summed E-state index contributed by atoms with van der Waals surface area (Å²) in [5.41, 5.74) is 13.4. The molecule has 150 valence electrons. The summed E-state index contributed by atoms with van der Waals surface area (Å²) in [6.45, 7) is 0. The van der Waals surface area contributed by atoms with Crippen LogP contribution in [0.2, 0.25) is 0 Å². The van der Waals surface area contributed by atoms with Crippen LogP contribution in [0.25, 0.3) is 5.69 Å². The highest BCUT2D eigenvalue weighted by Gasteiger charge is 2.23. The van der Waals surface area contributed by atoms with E-state index in [1.54, 1.807) is 12.4 Å². The largest absolute Gasteiger partial charge is 0.365 e. The van der Waals surface area contributed by atoms with Crippen molar-refractivity contribution in [3.63, 3.8) is 0 Å². The predicted octanol–water partition coefficient (Wildman–Crippen LogP) is 1.58. The molecule has 1 aromatic carbocycles. The van der Waals surface area contributed by atoms with E-state index in [0.29, 0.717) is 17.5 Å². The maximum absolute atomic E-state index is 11.9. The number of anilines is 3. The summed E-state index contributed by atoms with van der Waals surface area (Å²) < 4.78 is 0. The fourth-order valence-electron chi connectivity index (χ4n) is 3.43. The quantitative estimate of drug-likeness (QED) is 0.493. The molecule has 1 amide bonds. The lowest BCUT2D eigenvalue weighted by Crippen LogP contribution is -2.43. The van der Waals surface area contributed by atoms with Gasteiger partial charge in [-0.15, -0.1) is 0 Å². The Balaban J connectivity index is 1.60. The molecule has 0 radical (unpaired) electrons. The van der Waals surface area contributed by atoms with Gasteiger partial charge >= 0.3 is 0 Å². The molecule has 10 nitrogen and oxygen atoms in total. The van der Waals surface area contributed by atoms with Crippen LogP contribution in [0.3, 0.4) is 0 Å². The summed E-state index contributed by atoms with van der Waals surface area (Å²) in [6.07, 6.45) is 8.81. The molecule has 3 aromatic rings. The van der Waals surface area contributed by atoms with Crippen LogP contribution in [-0.2, 0) is 0 Å². The summed E-state index contributed by atoms with van der Waals surface area (Å²) in [4.78, 5) is 22.1. The molecule has 2 aromatic heterocycles. The number of nitrogens with two attached hydrogens (primary N) is 2. The number of benzene rings is 1. The minimum absolute atomic E-state index is 0.0535. The molecule has 2 atom stereocenters. The monoisotopic (exact) mass is 393 g/mol. The minimum atomic E-state index is -0.613. The number of nitrogens with one attached hydrogen (secondary N) is 2. The Bertz CT molecular complexity index is 989. The summed E-state index contributed by atoms with van der Waals surface area (Å²) in [6, 6.07) is 7.58. The van der Waals surface area contributed by atoms with Gasteiger partial charge in [-0.05, 0) is 31.0 Å². The van der Waals surface area contributed by atoms with Gasteiger partial charge in [-0.3, -0.25) is 4.79 Å². The van der Waals surface area contributed by atoms with Crippen molar-refractivity contribution in [1.82, 2.24) is 25.0 Å². The second-order valence-electron chi connectivity index (χ2n) is 7.01. The standard InChI is InChI=1S/C19H23N9O/c20-15-6-1-2-7-16(15)26-19-22-11-14(17(21)29)18(27-19)25-12-4-3-5-13(10-12)28-23-8-9-24-28/h3-5,8-11,15-16H,1-2,6-7,20H2,(H2,21,29)(H2,22,25,26,27)/t15-,16+/m1/s1. The highest BCUT2D eigenvalue weighted by molar-refractivity contribution is 5.98. The molecule has 0 unspecified atom stereocenters. The third-order valence-corrected chi connectivity index (χ3v) is 4.95. The molecule has 4 rings (SSSR count). The Kier molecular flexibility index (Phi) is 5.34. The van der Waals surface area contributed by atoms with E-state index in [1.165, 1.54) is 11.0 Å². The van der Waals surface area contributed by atoms with E-state index < -0.39 is 5.91 Å². The van der Waals surface area contributed by atoms with Gasteiger partial charge in [-0.1, -0.05) is 18.9 Å². The molecule has 1 saturated carbocycles. The fourth-order valence-corrected chi connectivity index (χ4v) is 3.43. The number of carbonyl (C=O) groups excluding carboxylic acids is 1. The van der Waals surface area contributed by atoms with Gasteiger partial charge in [0.15, 0.2) is 0 Å². The number of amides is 1. The first-order valence-electron chi connectivity index (χ1n) is 9.53. The van der Waals surface area contributed by atoms with Crippen LogP contribution in [0, 0.1) is 0 Å². The first-order chi connectivity index (χ1) is 14.1. The number of hydrogen-bond donors (Lipinski definition) is 4. The van der Waals surface area contributed by atoms with Crippen molar-refractivity contribution in [1.29, 1.82) is 0 Å². The predicted molar refractivity (Wildman–Crippen MR) is 109 cm³/mol. The maximum Gasteiger partial charge on any atom is 0.254 e. The average molecular weight is 393 g/mol. The topological polar surface area (TPSA) is 150 Å². The lowest BCUT2D eigenvalue weighted by molar-refractivity contribution is 0.100. The van der Waals surface area contributed by atoms with E-state index in [-0.39, 0.29) is 17.6 Å². The smallest absolute Gasteiger partial charge is 0.254 e. The van der Waals surface area contributed by atoms with E-state index in [2.05, 4.69) is 30.8 Å². The second-order valence-corrected chi connectivity index (χ2v) is 7.01. The van der Waals surface area contributed by atoms with E-state index in [1.807, 2.05) is 24.3 Å². The molecule has 0 spiro atoms. The van der Waals surface area contributed by atoms with Crippen molar-refractivity contribution in [2.24, 2.45) is 11.5 Å². The molecule has 1 aliphatic rings. The Morgan fingerprint density at radius 2 is 1.97 bits per heavy atom. The number of primary amides is 1. The zero-order chi connectivity index (χ0) is 20.2. The van der Waals surface area contributed by atoms with E-state index in [0.717, 1.165) is 31.4 Å². The molecular weight excluding hydrogens is 370 g/mol. The Labute approximate surface area is 167 Å². The maximum atomic E-state index is 11.9. The first-order valence-corrected chi connectivity index (χ1v) is 9.53. The molecule has 0 saturated heterocycles. The molecule has 1 aliphatic carbocycles. The van der Waals surface area contributed by atoms with Crippen molar-refractivity contribution >= 4 is 23.4 Å².